The zero-order valence-electron chi connectivity index (χ0n) is 13.6. The highest BCUT2D eigenvalue weighted by molar-refractivity contribution is 5.87. The van der Waals surface area contributed by atoms with Gasteiger partial charge in [0.1, 0.15) is 11.8 Å². The monoisotopic (exact) mass is 317 g/mol. The van der Waals surface area contributed by atoms with E-state index in [0.29, 0.717) is 18.2 Å². The van der Waals surface area contributed by atoms with Crippen LogP contribution in [0, 0.1) is 18.8 Å². The molecule has 2 fully saturated rings. The highest BCUT2D eigenvalue weighted by atomic mass is 16.5. The third-order valence-corrected chi connectivity index (χ3v) is 5.11. The molecule has 0 bridgehead atoms. The molecule has 5 nitrogen and oxygen atoms in total. The van der Waals surface area contributed by atoms with Crippen LogP contribution in [0.25, 0.3) is 0 Å². The van der Waals surface area contributed by atoms with Crippen molar-refractivity contribution in [2.45, 2.75) is 45.3 Å². The fourth-order valence-electron chi connectivity index (χ4n) is 3.95. The number of fused-ring (bicyclic) bond motifs is 1. The highest BCUT2D eigenvalue weighted by Crippen LogP contribution is 2.42. The third kappa shape index (κ3) is 3.05. The molecule has 1 aliphatic carbocycles. The Morgan fingerprint density at radius 2 is 1.96 bits per heavy atom. The van der Waals surface area contributed by atoms with Crippen LogP contribution in [0.2, 0.25) is 0 Å². The average molecular weight is 317 g/mol. The second kappa shape index (κ2) is 6.22. The van der Waals surface area contributed by atoms with Crippen LogP contribution in [-0.4, -0.2) is 40.6 Å². The molecule has 3 rings (SSSR count). The fraction of sp³-hybridized carbons (Fsp3) is 0.556. The summed E-state index contributed by atoms with van der Waals surface area (Å²) in [5.74, 6) is -0.0694. The van der Waals surface area contributed by atoms with E-state index in [9.17, 15) is 14.7 Å². The average Bonchev–Trinajstić information content (AvgIpc) is 3.08. The van der Waals surface area contributed by atoms with Gasteiger partial charge in [0.25, 0.3) is 5.91 Å². The number of carbonyl (C=O) groups is 2. The number of carboxylic acids is 1. The molecule has 5 heteroatoms. The quantitative estimate of drug-likeness (QED) is 0.926. The van der Waals surface area contributed by atoms with Gasteiger partial charge in [0, 0.05) is 6.54 Å². The summed E-state index contributed by atoms with van der Waals surface area (Å²) in [5.41, 5.74) is 1.12. The number of aliphatic carboxylic acids is 1. The van der Waals surface area contributed by atoms with Gasteiger partial charge in [-0.1, -0.05) is 24.1 Å². The lowest BCUT2D eigenvalue weighted by Gasteiger charge is -2.27. The predicted octanol–water partition coefficient (Wildman–Crippen LogP) is 2.47. The summed E-state index contributed by atoms with van der Waals surface area (Å²) < 4.78 is 5.71. The summed E-state index contributed by atoms with van der Waals surface area (Å²) in [6.45, 7) is 4.22. The molecule has 1 heterocycles. The number of carboxylic acid groups (broad SMARTS) is 1. The van der Waals surface area contributed by atoms with Crippen LogP contribution >= 0.6 is 0 Å². The van der Waals surface area contributed by atoms with E-state index in [4.69, 9.17) is 4.74 Å². The zero-order chi connectivity index (χ0) is 16.6. The summed E-state index contributed by atoms with van der Waals surface area (Å²) in [5, 5.41) is 9.55. The minimum absolute atomic E-state index is 0.100. The van der Waals surface area contributed by atoms with E-state index in [1.807, 2.05) is 31.2 Å². The van der Waals surface area contributed by atoms with Crippen molar-refractivity contribution in [1.82, 2.24) is 4.90 Å². The van der Waals surface area contributed by atoms with E-state index in [1.54, 1.807) is 6.92 Å². The Morgan fingerprint density at radius 1 is 1.26 bits per heavy atom. The number of likely N-dealkylation sites (tertiary alicyclic amines) is 1. The van der Waals surface area contributed by atoms with Gasteiger partial charge < -0.3 is 14.7 Å². The highest BCUT2D eigenvalue weighted by Gasteiger charge is 2.50. The first-order valence-corrected chi connectivity index (χ1v) is 8.24. The normalized spacial score (nSPS) is 27.6. The standard InChI is InChI=1S/C18H23NO4/c1-11-6-8-14(9-7-11)23-12(2)17(20)19-10-13-4-3-5-15(13)16(19)18(21)22/h6-9,12-13,15-16H,3-5,10H2,1-2H3,(H,21,22). The van der Waals surface area contributed by atoms with Gasteiger partial charge in [0.05, 0.1) is 0 Å². The number of nitrogens with zero attached hydrogens (tertiary/aromatic N) is 1. The molecular weight excluding hydrogens is 294 g/mol. The maximum Gasteiger partial charge on any atom is 0.326 e. The molecule has 124 valence electrons. The van der Waals surface area contributed by atoms with Gasteiger partial charge in [0.15, 0.2) is 6.10 Å². The number of hydrogen-bond donors (Lipinski definition) is 1. The van der Waals surface area contributed by atoms with Gasteiger partial charge in [-0.25, -0.2) is 4.79 Å². The largest absolute Gasteiger partial charge is 0.481 e. The number of rotatable bonds is 4. The molecule has 1 aliphatic heterocycles. The first-order valence-electron chi connectivity index (χ1n) is 8.24. The number of aryl methyl sites for hydroxylation is 1. The molecule has 1 aromatic rings. The molecule has 1 amide bonds. The van der Waals surface area contributed by atoms with Crippen LogP contribution in [0.15, 0.2) is 24.3 Å². The Morgan fingerprint density at radius 3 is 2.61 bits per heavy atom. The second-order valence-corrected chi connectivity index (χ2v) is 6.70. The summed E-state index contributed by atoms with van der Waals surface area (Å²) in [6.07, 6.45) is 2.30. The number of amides is 1. The topological polar surface area (TPSA) is 66.8 Å². The Bertz CT molecular complexity index is 598. The van der Waals surface area contributed by atoms with E-state index >= 15 is 0 Å². The Balaban J connectivity index is 1.71. The Kier molecular flexibility index (Phi) is 4.28. The van der Waals surface area contributed by atoms with Crippen molar-refractivity contribution < 1.29 is 19.4 Å². The molecule has 4 unspecified atom stereocenters. The van der Waals surface area contributed by atoms with Crippen LogP contribution in [0.5, 0.6) is 5.75 Å². The fourth-order valence-corrected chi connectivity index (χ4v) is 3.95. The number of ether oxygens (including phenoxy) is 1. The molecule has 0 radical (unpaired) electrons. The molecule has 1 aromatic carbocycles. The number of benzene rings is 1. The van der Waals surface area contributed by atoms with Gasteiger partial charge in [-0.2, -0.15) is 0 Å². The molecule has 1 N–H and O–H groups in total. The first-order chi connectivity index (χ1) is 11.0. The van der Waals surface area contributed by atoms with Crippen LogP contribution < -0.4 is 4.74 Å². The van der Waals surface area contributed by atoms with Crippen molar-refractivity contribution in [1.29, 1.82) is 0 Å². The lowest BCUT2D eigenvalue weighted by Crippen LogP contribution is -2.48. The van der Waals surface area contributed by atoms with E-state index in [0.717, 1.165) is 24.8 Å². The van der Waals surface area contributed by atoms with E-state index < -0.39 is 18.1 Å². The summed E-state index contributed by atoms with van der Waals surface area (Å²) in [4.78, 5) is 25.9. The lowest BCUT2D eigenvalue weighted by atomic mass is 9.94. The van der Waals surface area contributed by atoms with Crippen molar-refractivity contribution in [3.63, 3.8) is 0 Å². The van der Waals surface area contributed by atoms with Gasteiger partial charge in [-0.3, -0.25) is 4.79 Å². The van der Waals surface area contributed by atoms with Gasteiger partial charge in [-0.05, 0) is 50.7 Å². The van der Waals surface area contributed by atoms with Crippen LogP contribution in [-0.2, 0) is 9.59 Å². The summed E-state index contributed by atoms with van der Waals surface area (Å²) >= 11 is 0. The zero-order valence-corrected chi connectivity index (χ0v) is 13.6. The van der Waals surface area contributed by atoms with E-state index in [1.165, 1.54) is 4.90 Å². The number of hydrogen-bond acceptors (Lipinski definition) is 3. The van der Waals surface area contributed by atoms with Crippen molar-refractivity contribution in [2.24, 2.45) is 11.8 Å². The summed E-state index contributed by atoms with van der Waals surface area (Å²) in [6, 6.07) is 6.80. The van der Waals surface area contributed by atoms with Crippen molar-refractivity contribution in [3.05, 3.63) is 29.8 Å². The van der Waals surface area contributed by atoms with Crippen LogP contribution in [0.3, 0.4) is 0 Å². The SMILES string of the molecule is Cc1ccc(OC(C)C(=O)N2CC3CCCC3C2C(=O)O)cc1. The molecule has 4 atom stereocenters. The van der Waals surface area contributed by atoms with Gasteiger partial charge in [0.2, 0.25) is 0 Å². The van der Waals surface area contributed by atoms with Crippen LogP contribution in [0.4, 0.5) is 0 Å². The maximum absolute atomic E-state index is 12.7. The van der Waals surface area contributed by atoms with E-state index in [2.05, 4.69) is 0 Å². The van der Waals surface area contributed by atoms with Crippen molar-refractivity contribution in [2.75, 3.05) is 6.54 Å². The maximum atomic E-state index is 12.7. The molecule has 2 aliphatic rings. The van der Waals surface area contributed by atoms with Crippen LogP contribution in [0.1, 0.15) is 31.7 Å². The predicted molar refractivity (Wildman–Crippen MR) is 85.2 cm³/mol. The molecular formula is C18H23NO4. The second-order valence-electron chi connectivity index (χ2n) is 6.70. The van der Waals surface area contributed by atoms with Crippen molar-refractivity contribution in [3.8, 4) is 5.75 Å². The molecule has 1 saturated heterocycles. The Hall–Kier alpha value is -2.04. The van der Waals surface area contributed by atoms with E-state index in [-0.39, 0.29) is 11.8 Å². The lowest BCUT2D eigenvalue weighted by molar-refractivity contribution is -0.152. The molecule has 0 spiro atoms. The first kappa shape index (κ1) is 15.8. The van der Waals surface area contributed by atoms with Gasteiger partial charge >= 0.3 is 5.97 Å². The Labute approximate surface area is 136 Å². The smallest absolute Gasteiger partial charge is 0.326 e. The van der Waals surface area contributed by atoms with Crippen molar-refractivity contribution >= 4 is 11.9 Å². The minimum atomic E-state index is -0.893. The van der Waals surface area contributed by atoms with Gasteiger partial charge in [-0.15, -0.1) is 0 Å². The molecule has 23 heavy (non-hydrogen) atoms. The molecule has 0 aromatic heterocycles. The minimum Gasteiger partial charge on any atom is -0.481 e. The summed E-state index contributed by atoms with van der Waals surface area (Å²) in [7, 11) is 0. The molecule has 1 saturated carbocycles. The third-order valence-electron chi connectivity index (χ3n) is 5.11. The number of carbonyl (C=O) groups excluding carboxylic acids is 1.